The number of nitrogens with zero attached hydrogens (tertiary/aromatic N) is 3. The van der Waals surface area contributed by atoms with E-state index >= 15 is 0 Å². The minimum Gasteiger partial charge on any atom is -0.340 e. The van der Waals surface area contributed by atoms with Crippen LogP contribution >= 0.6 is 27.3 Å². The highest BCUT2D eigenvalue weighted by Gasteiger charge is 2.33. The molecule has 0 saturated heterocycles. The number of aromatic nitrogens is 3. The molecule has 0 aliphatic heterocycles. The summed E-state index contributed by atoms with van der Waals surface area (Å²) in [5.74, 6) is -0.265. The Bertz CT molecular complexity index is 941. The van der Waals surface area contributed by atoms with Crippen LogP contribution in [-0.4, -0.2) is 21.0 Å². The number of pyridine rings is 1. The molecule has 6 nitrogen and oxygen atoms in total. The zero-order chi connectivity index (χ0) is 18.9. The molecule has 3 aromatic rings. The molecule has 0 spiro atoms. The Kier molecular flexibility index (Phi) is 5.10. The molecule has 0 unspecified atom stereocenters. The van der Waals surface area contributed by atoms with Gasteiger partial charge in [-0.2, -0.15) is 18.2 Å². The van der Waals surface area contributed by atoms with Crippen molar-refractivity contribution in [1.29, 1.82) is 0 Å². The first-order chi connectivity index (χ1) is 12.2. The summed E-state index contributed by atoms with van der Waals surface area (Å²) in [5.41, 5.74) is -0.936. The van der Waals surface area contributed by atoms with Gasteiger partial charge in [-0.05, 0) is 47.1 Å². The van der Waals surface area contributed by atoms with Crippen molar-refractivity contribution in [2.24, 2.45) is 0 Å². The van der Waals surface area contributed by atoms with Gasteiger partial charge >= 0.3 is 6.18 Å². The molecule has 0 fully saturated rings. The largest absolute Gasteiger partial charge is 0.433 e. The minimum atomic E-state index is -4.57. The zero-order valence-corrected chi connectivity index (χ0v) is 15.4. The van der Waals surface area contributed by atoms with Crippen molar-refractivity contribution in [3.63, 3.8) is 0 Å². The average molecular weight is 447 g/mol. The lowest BCUT2D eigenvalue weighted by Gasteiger charge is -2.08. The lowest BCUT2D eigenvalue weighted by atomic mass is 10.2. The van der Waals surface area contributed by atoms with Crippen LogP contribution in [0.1, 0.15) is 34.2 Å². The number of hydrogen-bond acceptors (Lipinski definition) is 6. The summed E-state index contributed by atoms with van der Waals surface area (Å²) in [6, 6.07) is 4.97. The van der Waals surface area contributed by atoms with Gasteiger partial charge in [-0.1, -0.05) is 5.16 Å². The van der Waals surface area contributed by atoms with Gasteiger partial charge < -0.3 is 9.84 Å². The van der Waals surface area contributed by atoms with Crippen LogP contribution in [0.2, 0.25) is 0 Å². The maximum Gasteiger partial charge on any atom is 0.433 e. The number of amides is 1. The smallest absolute Gasteiger partial charge is 0.340 e. The van der Waals surface area contributed by atoms with Crippen molar-refractivity contribution in [1.82, 2.24) is 20.4 Å². The second kappa shape index (κ2) is 7.16. The molecule has 0 radical (unpaired) electrons. The van der Waals surface area contributed by atoms with Crippen molar-refractivity contribution in [2.75, 3.05) is 0 Å². The van der Waals surface area contributed by atoms with E-state index < -0.39 is 17.9 Å². The number of hydrogen-bond donors (Lipinski definition) is 1. The lowest BCUT2D eigenvalue weighted by Crippen LogP contribution is -2.26. The fraction of sp³-hybridized carbons (Fsp3) is 0.200. The van der Waals surface area contributed by atoms with Crippen LogP contribution < -0.4 is 5.32 Å². The van der Waals surface area contributed by atoms with Gasteiger partial charge in [0.05, 0.1) is 8.66 Å². The Morgan fingerprint density at radius 1 is 1.35 bits per heavy atom. The molecule has 0 saturated carbocycles. The normalized spacial score (nSPS) is 12.8. The second-order valence-electron chi connectivity index (χ2n) is 5.18. The Labute approximate surface area is 157 Å². The molecular weight excluding hydrogens is 437 g/mol. The van der Waals surface area contributed by atoms with Crippen molar-refractivity contribution >= 4 is 33.2 Å². The zero-order valence-electron chi connectivity index (χ0n) is 13.0. The molecule has 1 N–H and O–H groups in total. The summed E-state index contributed by atoms with van der Waals surface area (Å²) in [6.45, 7) is 1.63. The van der Waals surface area contributed by atoms with Crippen molar-refractivity contribution < 1.29 is 22.5 Å². The molecule has 0 bridgehead atoms. The number of thiophene rings is 1. The summed E-state index contributed by atoms with van der Waals surface area (Å²) in [5, 5.41) is 6.37. The van der Waals surface area contributed by atoms with E-state index in [0.29, 0.717) is 4.88 Å². The fourth-order valence-corrected chi connectivity index (χ4v) is 3.31. The maximum absolute atomic E-state index is 12.7. The van der Waals surface area contributed by atoms with Crippen LogP contribution in [0.5, 0.6) is 0 Å². The SMILES string of the molecule is C[C@H](NC(=O)c1ccc(Br)s1)c1nc(-c2ccnc(C(F)(F)F)c2)no1. The summed E-state index contributed by atoms with van der Waals surface area (Å²) in [6.07, 6.45) is -3.55. The third kappa shape index (κ3) is 4.10. The molecule has 1 atom stereocenters. The third-order valence-corrected chi connectivity index (χ3v) is 4.89. The predicted molar refractivity (Wildman–Crippen MR) is 90.4 cm³/mol. The highest BCUT2D eigenvalue weighted by molar-refractivity contribution is 9.11. The number of halogens is 4. The summed E-state index contributed by atoms with van der Waals surface area (Å²) < 4.78 is 44.1. The third-order valence-electron chi connectivity index (χ3n) is 3.27. The van der Waals surface area contributed by atoms with E-state index in [-0.39, 0.29) is 23.2 Å². The average Bonchev–Trinajstić information content (AvgIpc) is 3.23. The van der Waals surface area contributed by atoms with Crippen molar-refractivity contribution in [3.05, 3.63) is 50.7 Å². The van der Waals surface area contributed by atoms with E-state index in [1.54, 1.807) is 19.1 Å². The lowest BCUT2D eigenvalue weighted by molar-refractivity contribution is -0.141. The Hall–Kier alpha value is -2.27. The predicted octanol–water partition coefficient (Wildman–Crippen LogP) is 4.47. The highest BCUT2D eigenvalue weighted by atomic mass is 79.9. The molecular formula is C15H10BrF3N4O2S. The monoisotopic (exact) mass is 446 g/mol. The number of rotatable bonds is 4. The summed E-state index contributed by atoms with van der Waals surface area (Å²) in [7, 11) is 0. The van der Waals surface area contributed by atoms with Crippen LogP contribution in [-0.2, 0) is 6.18 Å². The number of nitrogens with one attached hydrogen (secondary N) is 1. The van der Waals surface area contributed by atoms with Gasteiger partial charge in [-0.3, -0.25) is 9.78 Å². The van der Waals surface area contributed by atoms with Crippen molar-refractivity contribution in [2.45, 2.75) is 19.1 Å². The number of alkyl halides is 3. The van der Waals surface area contributed by atoms with Gasteiger partial charge in [-0.15, -0.1) is 11.3 Å². The van der Waals surface area contributed by atoms with Crippen LogP contribution in [0.4, 0.5) is 13.2 Å². The van der Waals surface area contributed by atoms with Crippen LogP contribution in [0.25, 0.3) is 11.4 Å². The Morgan fingerprint density at radius 2 is 2.12 bits per heavy atom. The molecule has 136 valence electrons. The van der Waals surface area contributed by atoms with Gasteiger partial charge in [0.25, 0.3) is 5.91 Å². The number of carbonyl (C=O) groups is 1. The van der Waals surface area contributed by atoms with E-state index in [1.165, 1.54) is 17.4 Å². The maximum atomic E-state index is 12.7. The number of carbonyl (C=O) groups excluding carboxylic acids is 1. The van der Waals surface area contributed by atoms with Crippen molar-refractivity contribution in [3.8, 4) is 11.4 Å². The molecule has 0 aromatic carbocycles. The molecule has 1 amide bonds. The summed E-state index contributed by atoms with van der Waals surface area (Å²) >= 11 is 4.54. The second-order valence-corrected chi connectivity index (χ2v) is 7.65. The van der Waals surface area contributed by atoms with E-state index in [1.807, 2.05) is 0 Å². The first-order valence-electron chi connectivity index (χ1n) is 7.17. The standard InChI is InChI=1S/C15H10BrF3N4O2S/c1-7(21-13(24)9-2-3-11(16)26-9)14-22-12(23-25-14)8-4-5-20-10(6-8)15(17,18)19/h2-7H,1H3,(H,21,24)/t7-/m0/s1. The summed E-state index contributed by atoms with van der Waals surface area (Å²) in [4.78, 5) is 20.0. The van der Waals surface area contributed by atoms with Gasteiger partial charge in [0, 0.05) is 11.8 Å². The molecule has 0 aliphatic rings. The van der Waals surface area contributed by atoms with Crippen LogP contribution in [0.15, 0.2) is 38.8 Å². The van der Waals surface area contributed by atoms with Gasteiger partial charge in [0.1, 0.15) is 11.7 Å². The van der Waals surface area contributed by atoms with E-state index in [4.69, 9.17) is 4.52 Å². The molecule has 3 rings (SSSR count). The van der Waals surface area contributed by atoms with E-state index in [0.717, 1.165) is 16.0 Å². The van der Waals surface area contributed by atoms with E-state index in [9.17, 15) is 18.0 Å². The van der Waals surface area contributed by atoms with Crippen LogP contribution in [0, 0.1) is 0 Å². The molecule has 26 heavy (non-hydrogen) atoms. The molecule has 0 aliphatic carbocycles. The quantitative estimate of drug-likeness (QED) is 0.639. The van der Waals surface area contributed by atoms with Gasteiger partial charge in [0.15, 0.2) is 0 Å². The van der Waals surface area contributed by atoms with Crippen LogP contribution in [0.3, 0.4) is 0 Å². The van der Waals surface area contributed by atoms with E-state index in [2.05, 4.69) is 36.4 Å². The van der Waals surface area contributed by atoms with Gasteiger partial charge in [-0.25, -0.2) is 0 Å². The molecule has 3 heterocycles. The Morgan fingerprint density at radius 3 is 2.77 bits per heavy atom. The molecule has 11 heteroatoms. The Balaban J connectivity index is 1.76. The van der Waals surface area contributed by atoms with Gasteiger partial charge in [0.2, 0.25) is 11.7 Å². The topological polar surface area (TPSA) is 80.9 Å². The first-order valence-corrected chi connectivity index (χ1v) is 8.78. The fourth-order valence-electron chi connectivity index (χ4n) is 2.02. The molecule has 3 aromatic heterocycles. The highest BCUT2D eigenvalue weighted by Crippen LogP contribution is 2.30. The minimum absolute atomic E-state index is 0.0205. The first kappa shape index (κ1) is 18.5.